The van der Waals surface area contributed by atoms with Gasteiger partial charge in [-0.25, -0.2) is 0 Å². The number of rotatable bonds is 5. The van der Waals surface area contributed by atoms with Gasteiger partial charge in [0.25, 0.3) is 5.91 Å². The molecule has 24 heavy (non-hydrogen) atoms. The van der Waals surface area contributed by atoms with E-state index >= 15 is 0 Å². The molecule has 1 aliphatic rings. The van der Waals surface area contributed by atoms with E-state index in [0.29, 0.717) is 35.9 Å². The van der Waals surface area contributed by atoms with Crippen molar-refractivity contribution in [1.29, 1.82) is 5.26 Å². The molecular weight excluding hydrogens is 332 g/mol. The van der Waals surface area contributed by atoms with Crippen molar-refractivity contribution in [2.24, 2.45) is 0 Å². The summed E-state index contributed by atoms with van der Waals surface area (Å²) in [4.78, 5) is 25.5. The first kappa shape index (κ1) is 17.9. The van der Waals surface area contributed by atoms with E-state index in [1.54, 1.807) is 23.1 Å². The Kier molecular flexibility index (Phi) is 6.32. The van der Waals surface area contributed by atoms with Crippen molar-refractivity contribution >= 4 is 23.6 Å². The molecule has 1 fully saturated rings. The van der Waals surface area contributed by atoms with Crippen LogP contribution in [0.3, 0.4) is 0 Å². The quantitative estimate of drug-likeness (QED) is 0.734. The molecule has 1 aromatic carbocycles. The van der Waals surface area contributed by atoms with Gasteiger partial charge in [0.15, 0.2) is 18.1 Å². The third kappa shape index (κ3) is 4.32. The molecule has 0 N–H and O–H groups in total. The fourth-order valence-electron chi connectivity index (χ4n) is 2.24. The summed E-state index contributed by atoms with van der Waals surface area (Å²) in [5.74, 6) is 0.915. The van der Waals surface area contributed by atoms with E-state index in [4.69, 9.17) is 19.5 Å². The molecule has 0 aromatic heterocycles. The summed E-state index contributed by atoms with van der Waals surface area (Å²) < 4.78 is 15.4. The first-order valence-electron chi connectivity index (χ1n) is 7.27. The lowest BCUT2D eigenvalue weighted by molar-refractivity contribution is -0.141. The van der Waals surface area contributed by atoms with Crippen LogP contribution in [0, 0.1) is 11.3 Å². The average molecular weight is 350 g/mol. The minimum Gasteiger partial charge on any atom is -0.493 e. The smallest absolute Gasteiger partial charge is 0.320 e. The molecule has 128 valence electrons. The molecule has 0 bridgehead atoms. The number of benzene rings is 1. The summed E-state index contributed by atoms with van der Waals surface area (Å²) in [6.45, 7) is 0.704. The largest absolute Gasteiger partial charge is 0.493 e. The molecule has 0 radical (unpaired) electrons. The highest BCUT2D eigenvalue weighted by Crippen LogP contribution is 2.28. The van der Waals surface area contributed by atoms with Gasteiger partial charge in [-0.15, -0.1) is 11.8 Å². The summed E-state index contributed by atoms with van der Waals surface area (Å²) in [5, 5.41) is 8.52. The number of carbonyl (C=O) groups is 2. The van der Waals surface area contributed by atoms with Gasteiger partial charge in [0, 0.05) is 24.9 Å². The standard InChI is InChI=1S/C16H18N2O5S/c1-21-13-7-11(8-17)3-4-12(13)23-10-15(19)18-5-6-24-14(9-18)16(20)22-2/h3-4,7,14H,5-6,9-10H2,1-2H3/t14-/m1/s1. The maximum Gasteiger partial charge on any atom is 0.320 e. The van der Waals surface area contributed by atoms with Gasteiger partial charge >= 0.3 is 5.97 Å². The van der Waals surface area contributed by atoms with Gasteiger partial charge in [-0.1, -0.05) is 0 Å². The van der Waals surface area contributed by atoms with Crippen LogP contribution < -0.4 is 9.47 Å². The molecule has 8 heteroatoms. The summed E-state index contributed by atoms with van der Waals surface area (Å²) in [6.07, 6.45) is 0. The van der Waals surface area contributed by atoms with E-state index in [2.05, 4.69) is 0 Å². The van der Waals surface area contributed by atoms with Crippen molar-refractivity contribution in [3.8, 4) is 17.6 Å². The number of methoxy groups -OCH3 is 2. The van der Waals surface area contributed by atoms with Crippen molar-refractivity contribution in [2.75, 3.05) is 39.7 Å². The van der Waals surface area contributed by atoms with Crippen LogP contribution >= 0.6 is 11.8 Å². The molecular formula is C16H18N2O5S. The number of ether oxygens (including phenoxy) is 3. The molecule has 0 aliphatic carbocycles. The summed E-state index contributed by atoms with van der Waals surface area (Å²) >= 11 is 1.48. The second kappa shape index (κ2) is 8.45. The molecule has 0 unspecified atom stereocenters. The predicted octanol–water partition coefficient (Wildman–Crippen LogP) is 1.06. The van der Waals surface area contributed by atoms with Crippen molar-refractivity contribution in [1.82, 2.24) is 4.90 Å². The molecule has 2 rings (SSSR count). The molecule has 1 saturated heterocycles. The number of nitrogens with zero attached hydrogens (tertiary/aromatic N) is 2. The minimum atomic E-state index is -0.364. The second-order valence-corrected chi connectivity index (χ2v) is 6.30. The Morgan fingerprint density at radius 3 is 2.83 bits per heavy atom. The van der Waals surface area contributed by atoms with E-state index < -0.39 is 0 Å². The Labute approximate surface area is 144 Å². The number of nitriles is 1. The SMILES string of the molecule is COC(=O)[C@H]1CN(C(=O)COc2ccc(C#N)cc2OC)CCS1. The average Bonchev–Trinajstić information content (AvgIpc) is 2.65. The van der Waals surface area contributed by atoms with Crippen molar-refractivity contribution in [2.45, 2.75) is 5.25 Å². The zero-order chi connectivity index (χ0) is 17.5. The fourth-order valence-corrected chi connectivity index (χ4v) is 3.36. The number of hydrogen-bond acceptors (Lipinski definition) is 7. The molecule has 1 heterocycles. The minimum absolute atomic E-state index is 0.166. The predicted molar refractivity (Wildman–Crippen MR) is 88.0 cm³/mol. The van der Waals surface area contributed by atoms with Crippen molar-refractivity contribution < 1.29 is 23.8 Å². The molecule has 7 nitrogen and oxygen atoms in total. The van der Waals surface area contributed by atoms with Crippen molar-refractivity contribution in [3.63, 3.8) is 0 Å². The first-order chi connectivity index (χ1) is 11.6. The van der Waals surface area contributed by atoms with Crippen LogP contribution in [0.25, 0.3) is 0 Å². The Balaban J connectivity index is 1.96. The lowest BCUT2D eigenvalue weighted by Gasteiger charge is -2.30. The van der Waals surface area contributed by atoms with E-state index in [1.807, 2.05) is 6.07 Å². The number of esters is 1. The third-order valence-electron chi connectivity index (χ3n) is 3.53. The monoisotopic (exact) mass is 350 g/mol. The van der Waals surface area contributed by atoms with Gasteiger partial charge in [-0.3, -0.25) is 9.59 Å². The Bertz CT molecular complexity index is 658. The highest BCUT2D eigenvalue weighted by atomic mass is 32.2. The Hall–Kier alpha value is -2.40. The van der Waals surface area contributed by atoms with E-state index in [9.17, 15) is 9.59 Å². The zero-order valence-electron chi connectivity index (χ0n) is 13.5. The highest BCUT2D eigenvalue weighted by molar-refractivity contribution is 8.00. The van der Waals surface area contributed by atoms with Crippen LogP contribution in [-0.2, 0) is 14.3 Å². The molecule has 1 amide bonds. The lowest BCUT2D eigenvalue weighted by Crippen LogP contribution is -2.46. The van der Waals surface area contributed by atoms with Gasteiger partial charge in [-0.2, -0.15) is 5.26 Å². The van der Waals surface area contributed by atoms with Crippen LogP contribution in [0.4, 0.5) is 0 Å². The van der Waals surface area contributed by atoms with Gasteiger partial charge in [-0.05, 0) is 12.1 Å². The molecule has 0 saturated carbocycles. The van der Waals surface area contributed by atoms with E-state index in [-0.39, 0.29) is 23.7 Å². The fraction of sp³-hybridized carbons (Fsp3) is 0.438. The second-order valence-electron chi connectivity index (χ2n) is 4.99. The Morgan fingerprint density at radius 2 is 2.17 bits per heavy atom. The van der Waals surface area contributed by atoms with Crippen LogP contribution in [0.2, 0.25) is 0 Å². The number of thioether (sulfide) groups is 1. The number of carbonyl (C=O) groups excluding carboxylic acids is 2. The van der Waals surface area contributed by atoms with Crippen LogP contribution in [-0.4, -0.2) is 61.7 Å². The van der Waals surface area contributed by atoms with E-state index in [0.717, 1.165) is 0 Å². The normalized spacial score (nSPS) is 16.9. The van der Waals surface area contributed by atoms with Gasteiger partial charge in [0.1, 0.15) is 5.25 Å². The van der Waals surface area contributed by atoms with Crippen LogP contribution in [0.1, 0.15) is 5.56 Å². The maximum absolute atomic E-state index is 12.3. The Morgan fingerprint density at radius 1 is 1.38 bits per heavy atom. The van der Waals surface area contributed by atoms with Crippen molar-refractivity contribution in [3.05, 3.63) is 23.8 Å². The third-order valence-corrected chi connectivity index (χ3v) is 4.69. The van der Waals surface area contributed by atoms with Crippen LogP contribution in [0.5, 0.6) is 11.5 Å². The molecule has 0 spiro atoms. The first-order valence-corrected chi connectivity index (χ1v) is 8.32. The highest BCUT2D eigenvalue weighted by Gasteiger charge is 2.29. The van der Waals surface area contributed by atoms with E-state index in [1.165, 1.54) is 26.0 Å². The zero-order valence-corrected chi connectivity index (χ0v) is 14.3. The van der Waals surface area contributed by atoms with Gasteiger partial charge < -0.3 is 19.1 Å². The summed E-state index contributed by atoms with van der Waals surface area (Å²) in [5.41, 5.74) is 0.444. The van der Waals surface area contributed by atoms with Gasteiger partial charge in [0.05, 0.1) is 25.9 Å². The maximum atomic E-state index is 12.3. The number of hydrogen-bond donors (Lipinski definition) is 0. The topological polar surface area (TPSA) is 88.9 Å². The summed E-state index contributed by atoms with van der Waals surface area (Å²) in [6, 6.07) is 6.74. The molecule has 1 aromatic rings. The van der Waals surface area contributed by atoms with Crippen LogP contribution in [0.15, 0.2) is 18.2 Å². The lowest BCUT2D eigenvalue weighted by atomic mass is 10.2. The summed E-state index contributed by atoms with van der Waals surface area (Å²) in [7, 11) is 2.80. The number of amides is 1. The molecule has 1 aliphatic heterocycles. The molecule has 1 atom stereocenters. The van der Waals surface area contributed by atoms with Gasteiger partial charge in [0.2, 0.25) is 0 Å².